The van der Waals surface area contributed by atoms with Crippen LogP contribution in [0.4, 0.5) is 18.3 Å². The molecule has 1 amide bonds. The number of furan rings is 1. The summed E-state index contributed by atoms with van der Waals surface area (Å²) in [5, 5.41) is 3.16. The summed E-state index contributed by atoms with van der Waals surface area (Å²) in [4.78, 5) is 18.0. The number of rotatable bonds is 3. The molecule has 8 heteroatoms. The van der Waals surface area contributed by atoms with E-state index < -0.39 is 17.6 Å². The Morgan fingerprint density at radius 3 is 2.67 bits per heavy atom. The van der Waals surface area contributed by atoms with E-state index in [9.17, 15) is 18.0 Å². The quantitative estimate of drug-likeness (QED) is 0.636. The highest BCUT2D eigenvalue weighted by atomic mass is 32.1. The van der Waals surface area contributed by atoms with E-state index in [1.165, 1.54) is 46.5 Å². The zero-order valence-electron chi connectivity index (χ0n) is 14.1. The summed E-state index contributed by atoms with van der Waals surface area (Å²) in [5.41, 5.74) is 0.105. The fourth-order valence-electron chi connectivity index (χ4n) is 3.11. The molecule has 1 aliphatic rings. The third kappa shape index (κ3) is 3.62. The minimum absolute atomic E-state index is 0.00786. The number of halogens is 3. The van der Waals surface area contributed by atoms with Crippen molar-refractivity contribution < 1.29 is 22.4 Å². The monoisotopic (exact) mass is 392 g/mol. The fraction of sp³-hybridized carbons (Fsp3) is 0.263. The molecule has 0 bridgehead atoms. The van der Waals surface area contributed by atoms with Crippen LogP contribution in [-0.2, 0) is 19.0 Å². The molecule has 2 heterocycles. The van der Waals surface area contributed by atoms with Crippen LogP contribution in [-0.4, -0.2) is 10.9 Å². The first kappa shape index (κ1) is 17.8. The highest BCUT2D eigenvalue weighted by Gasteiger charge is 2.34. The van der Waals surface area contributed by atoms with Crippen molar-refractivity contribution in [1.29, 1.82) is 0 Å². The van der Waals surface area contributed by atoms with E-state index >= 15 is 0 Å². The zero-order valence-corrected chi connectivity index (χ0v) is 14.9. The molecule has 3 aromatic rings. The van der Waals surface area contributed by atoms with Crippen LogP contribution in [0, 0.1) is 0 Å². The number of nitrogens with zero attached hydrogens (tertiary/aromatic N) is 1. The molecule has 0 radical (unpaired) electrons. The predicted molar refractivity (Wildman–Crippen MR) is 95.9 cm³/mol. The first-order chi connectivity index (χ1) is 12.9. The Bertz CT molecular complexity index is 968. The number of carbonyl (C=O) groups excluding carboxylic acids is 1. The van der Waals surface area contributed by atoms with E-state index in [1.54, 1.807) is 0 Å². The van der Waals surface area contributed by atoms with E-state index in [0.29, 0.717) is 5.13 Å². The number of hydrogen-bond donors (Lipinski definition) is 1. The maximum absolute atomic E-state index is 13.2. The minimum Gasteiger partial charge on any atom is -0.451 e. The van der Waals surface area contributed by atoms with Crippen molar-refractivity contribution in [3.05, 3.63) is 58.3 Å². The second-order valence-electron chi connectivity index (χ2n) is 6.26. The van der Waals surface area contributed by atoms with Crippen LogP contribution in [0.25, 0.3) is 11.3 Å². The Kier molecular flexibility index (Phi) is 4.51. The summed E-state index contributed by atoms with van der Waals surface area (Å²) in [7, 11) is 0. The van der Waals surface area contributed by atoms with Crippen molar-refractivity contribution in [2.24, 2.45) is 0 Å². The van der Waals surface area contributed by atoms with E-state index in [-0.39, 0.29) is 17.1 Å². The SMILES string of the molecule is O=C(Nc1nc2c(s1)CCCC2)c1ccc(-c2ccccc2C(F)(F)F)o1. The average molecular weight is 392 g/mol. The van der Waals surface area contributed by atoms with Gasteiger partial charge in [-0.3, -0.25) is 10.1 Å². The first-order valence-electron chi connectivity index (χ1n) is 8.48. The van der Waals surface area contributed by atoms with Crippen molar-refractivity contribution in [3.8, 4) is 11.3 Å². The second-order valence-corrected chi connectivity index (χ2v) is 7.34. The van der Waals surface area contributed by atoms with Crippen molar-refractivity contribution in [2.75, 3.05) is 5.32 Å². The summed E-state index contributed by atoms with van der Waals surface area (Å²) in [6, 6.07) is 7.84. The minimum atomic E-state index is -4.51. The largest absolute Gasteiger partial charge is 0.451 e. The lowest BCUT2D eigenvalue weighted by atomic mass is 10.0. The third-order valence-electron chi connectivity index (χ3n) is 4.39. The highest BCUT2D eigenvalue weighted by Crippen LogP contribution is 2.37. The Balaban J connectivity index is 1.56. The van der Waals surface area contributed by atoms with Crippen LogP contribution >= 0.6 is 11.3 Å². The van der Waals surface area contributed by atoms with Gasteiger partial charge in [0.1, 0.15) is 5.76 Å². The number of hydrogen-bond acceptors (Lipinski definition) is 4. The van der Waals surface area contributed by atoms with Gasteiger partial charge < -0.3 is 4.42 Å². The Morgan fingerprint density at radius 2 is 1.89 bits per heavy atom. The molecule has 1 aromatic carbocycles. The van der Waals surface area contributed by atoms with E-state index in [2.05, 4.69) is 10.3 Å². The lowest BCUT2D eigenvalue weighted by Crippen LogP contribution is -2.10. The van der Waals surface area contributed by atoms with Gasteiger partial charge in [0.05, 0.1) is 11.3 Å². The van der Waals surface area contributed by atoms with Gasteiger partial charge in [0.25, 0.3) is 5.91 Å². The smallest absolute Gasteiger partial charge is 0.417 e. The first-order valence-corrected chi connectivity index (χ1v) is 9.30. The van der Waals surface area contributed by atoms with Crippen molar-refractivity contribution in [2.45, 2.75) is 31.9 Å². The number of fused-ring (bicyclic) bond motifs is 1. The van der Waals surface area contributed by atoms with Gasteiger partial charge in [-0.05, 0) is 43.9 Å². The molecule has 0 atom stereocenters. The number of aryl methyl sites for hydroxylation is 2. The molecular formula is C19H15F3N2O2S. The third-order valence-corrected chi connectivity index (χ3v) is 5.47. The average Bonchev–Trinajstić information content (AvgIpc) is 3.27. The van der Waals surface area contributed by atoms with E-state index in [4.69, 9.17) is 4.42 Å². The van der Waals surface area contributed by atoms with Crippen LogP contribution in [0.15, 0.2) is 40.8 Å². The summed E-state index contributed by atoms with van der Waals surface area (Å²) in [6.45, 7) is 0. The summed E-state index contributed by atoms with van der Waals surface area (Å²) < 4.78 is 44.9. The second kappa shape index (κ2) is 6.84. The number of aromatic nitrogens is 1. The van der Waals surface area contributed by atoms with Crippen LogP contribution in [0.3, 0.4) is 0 Å². The molecule has 1 N–H and O–H groups in total. The van der Waals surface area contributed by atoms with Gasteiger partial charge in [-0.1, -0.05) is 18.2 Å². The van der Waals surface area contributed by atoms with Crippen LogP contribution in [0.1, 0.15) is 39.5 Å². The zero-order chi connectivity index (χ0) is 19.0. The molecule has 0 saturated heterocycles. The Hall–Kier alpha value is -2.61. The molecular weight excluding hydrogens is 377 g/mol. The molecule has 0 aliphatic heterocycles. The fourth-order valence-corrected chi connectivity index (χ4v) is 4.16. The van der Waals surface area contributed by atoms with Crippen molar-refractivity contribution >= 4 is 22.4 Å². The maximum atomic E-state index is 13.2. The lowest BCUT2D eigenvalue weighted by molar-refractivity contribution is -0.137. The predicted octanol–water partition coefficient (Wildman–Crippen LogP) is 5.55. The van der Waals surface area contributed by atoms with Gasteiger partial charge in [0, 0.05) is 10.4 Å². The molecule has 0 fully saturated rings. The van der Waals surface area contributed by atoms with Crippen LogP contribution < -0.4 is 5.32 Å². The summed E-state index contributed by atoms with van der Waals surface area (Å²) in [5.74, 6) is -0.599. The highest BCUT2D eigenvalue weighted by molar-refractivity contribution is 7.15. The summed E-state index contributed by atoms with van der Waals surface area (Å²) in [6.07, 6.45) is -0.443. The summed E-state index contributed by atoms with van der Waals surface area (Å²) >= 11 is 1.43. The van der Waals surface area contributed by atoms with Crippen LogP contribution in [0.2, 0.25) is 0 Å². The van der Waals surface area contributed by atoms with Gasteiger partial charge in [0.2, 0.25) is 0 Å². The Labute approximate surface area is 157 Å². The number of thiazole rings is 1. The molecule has 0 saturated carbocycles. The molecule has 27 heavy (non-hydrogen) atoms. The van der Waals surface area contributed by atoms with Gasteiger partial charge in [-0.25, -0.2) is 4.98 Å². The normalized spacial score (nSPS) is 14.0. The van der Waals surface area contributed by atoms with Gasteiger partial charge in [0.15, 0.2) is 10.9 Å². The van der Waals surface area contributed by atoms with Gasteiger partial charge in [-0.2, -0.15) is 13.2 Å². The maximum Gasteiger partial charge on any atom is 0.417 e. The van der Waals surface area contributed by atoms with Crippen molar-refractivity contribution in [3.63, 3.8) is 0 Å². The molecule has 4 nitrogen and oxygen atoms in total. The molecule has 2 aromatic heterocycles. The molecule has 0 unspecified atom stereocenters. The Morgan fingerprint density at radius 1 is 1.11 bits per heavy atom. The number of alkyl halides is 3. The number of benzene rings is 1. The molecule has 0 spiro atoms. The van der Waals surface area contributed by atoms with Crippen LogP contribution in [0.5, 0.6) is 0 Å². The standard InChI is InChI=1S/C19H15F3N2O2S/c20-19(21,22)12-6-2-1-5-11(12)14-9-10-15(26-14)17(25)24-18-23-13-7-3-4-8-16(13)27-18/h1-2,5-6,9-10H,3-4,7-8H2,(H,23,24,25). The molecule has 4 rings (SSSR count). The van der Waals surface area contributed by atoms with E-state index in [0.717, 1.165) is 37.4 Å². The number of amides is 1. The van der Waals surface area contributed by atoms with Crippen molar-refractivity contribution in [1.82, 2.24) is 4.98 Å². The lowest BCUT2D eigenvalue weighted by Gasteiger charge is -2.10. The molecule has 140 valence electrons. The molecule has 1 aliphatic carbocycles. The number of carbonyl (C=O) groups is 1. The topological polar surface area (TPSA) is 55.1 Å². The van der Waals surface area contributed by atoms with Gasteiger partial charge in [-0.15, -0.1) is 11.3 Å². The van der Waals surface area contributed by atoms with E-state index in [1.807, 2.05) is 0 Å². The number of anilines is 1. The van der Waals surface area contributed by atoms with Gasteiger partial charge >= 0.3 is 6.18 Å². The number of nitrogens with one attached hydrogen (secondary N) is 1.